The lowest BCUT2D eigenvalue weighted by molar-refractivity contribution is 0.0950. The molecule has 1 atom stereocenters. The predicted octanol–water partition coefficient (Wildman–Crippen LogP) is 3.07. The smallest absolute Gasteiger partial charge is 0.271 e. The molecule has 138 valence electrons. The Balaban J connectivity index is 1.54. The molecule has 2 aromatic carbocycles. The van der Waals surface area contributed by atoms with Crippen molar-refractivity contribution in [2.45, 2.75) is 18.9 Å². The summed E-state index contributed by atoms with van der Waals surface area (Å²) in [6.45, 7) is 0.847. The summed E-state index contributed by atoms with van der Waals surface area (Å²) in [6, 6.07) is 17.5. The van der Waals surface area contributed by atoms with Crippen molar-refractivity contribution in [2.75, 3.05) is 13.7 Å². The minimum absolute atomic E-state index is 0.147. The van der Waals surface area contributed by atoms with Gasteiger partial charge in [0, 0.05) is 18.2 Å². The summed E-state index contributed by atoms with van der Waals surface area (Å²) in [5.41, 5.74) is 2.41. The molecule has 1 aliphatic rings. The van der Waals surface area contributed by atoms with Gasteiger partial charge in [0.15, 0.2) is 0 Å². The number of aromatic nitrogens is 2. The van der Waals surface area contributed by atoms with Crippen molar-refractivity contribution in [3.05, 3.63) is 77.4 Å². The second-order valence-corrected chi connectivity index (χ2v) is 6.50. The Hall–Kier alpha value is -3.28. The summed E-state index contributed by atoms with van der Waals surface area (Å²) >= 11 is 0. The van der Waals surface area contributed by atoms with Crippen LogP contribution in [0.25, 0.3) is 0 Å². The first kappa shape index (κ1) is 17.1. The monoisotopic (exact) mass is 363 g/mol. The summed E-state index contributed by atoms with van der Waals surface area (Å²) < 4.78 is 11.1. The fourth-order valence-corrected chi connectivity index (χ4v) is 3.29. The van der Waals surface area contributed by atoms with Gasteiger partial charge in [-0.05, 0) is 36.2 Å². The Morgan fingerprint density at radius 2 is 1.93 bits per heavy atom. The van der Waals surface area contributed by atoms with Gasteiger partial charge in [0.05, 0.1) is 7.11 Å². The number of imidazole rings is 1. The summed E-state index contributed by atoms with van der Waals surface area (Å²) in [6.07, 6.45) is 0.694. The maximum atomic E-state index is 12.4. The van der Waals surface area contributed by atoms with Crippen LogP contribution in [0.5, 0.6) is 11.5 Å². The number of hydrogen-bond donors (Lipinski definition) is 2. The Morgan fingerprint density at radius 1 is 1.11 bits per heavy atom. The van der Waals surface area contributed by atoms with Gasteiger partial charge in [0.25, 0.3) is 5.91 Å². The zero-order valence-corrected chi connectivity index (χ0v) is 15.1. The Morgan fingerprint density at radius 3 is 2.74 bits per heavy atom. The first-order chi connectivity index (χ1) is 13.2. The molecule has 0 saturated heterocycles. The standard InChI is InChI=1S/C21H21N3O3/c1-26-17-9-5-6-14(10-17)15-11-18-20(21(25)22-12-15)24-19(23-18)13-27-16-7-3-2-4-8-16/h2-10,15H,11-13H2,1H3,(H,22,25)(H,23,24)/t15-/m0/s1. The van der Waals surface area contributed by atoms with Crippen LogP contribution >= 0.6 is 0 Å². The number of nitrogens with zero attached hydrogens (tertiary/aromatic N) is 1. The van der Waals surface area contributed by atoms with E-state index in [0.717, 1.165) is 22.8 Å². The largest absolute Gasteiger partial charge is 0.497 e. The van der Waals surface area contributed by atoms with E-state index in [0.29, 0.717) is 24.5 Å². The molecule has 1 aromatic heterocycles. The number of rotatable bonds is 5. The van der Waals surface area contributed by atoms with Crippen LogP contribution in [-0.2, 0) is 13.0 Å². The van der Waals surface area contributed by atoms with Crippen LogP contribution in [0.15, 0.2) is 54.6 Å². The number of carbonyl (C=O) groups is 1. The average molecular weight is 363 g/mol. The molecule has 6 nitrogen and oxygen atoms in total. The highest BCUT2D eigenvalue weighted by Crippen LogP contribution is 2.27. The minimum atomic E-state index is -0.155. The van der Waals surface area contributed by atoms with Gasteiger partial charge in [-0.15, -0.1) is 0 Å². The third-order valence-corrected chi connectivity index (χ3v) is 4.69. The third-order valence-electron chi connectivity index (χ3n) is 4.69. The topological polar surface area (TPSA) is 76.2 Å². The van der Waals surface area contributed by atoms with E-state index in [1.165, 1.54) is 0 Å². The van der Waals surface area contributed by atoms with E-state index < -0.39 is 0 Å². The molecule has 4 rings (SSSR count). The maximum Gasteiger partial charge on any atom is 0.271 e. The molecule has 0 radical (unpaired) electrons. The summed E-state index contributed by atoms with van der Waals surface area (Å²) in [4.78, 5) is 20.2. The van der Waals surface area contributed by atoms with Gasteiger partial charge in [-0.1, -0.05) is 30.3 Å². The quantitative estimate of drug-likeness (QED) is 0.730. The van der Waals surface area contributed by atoms with Crippen LogP contribution in [0.3, 0.4) is 0 Å². The van der Waals surface area contributed by atoms with E-state index >= 15 is 0 Å². The molecular weight excluding hydrogens is 342 g/mol. The van der Waals surface area contributed by atoms with Crippen molar-refractivity contribution in [2.24, 2.45) is 0 Å². The van der Waals surface area contributed by atoms with Crippen molar-refractivity contribution in [3.63, 3.8) is 0 Å². The van der Waals surface area contributed by atoms with E-state index in [9.17, 15) is 4.79 Å². The number of benzene rings is 2. The lowest BCUT2D eigenvalue weighted by atomic mass is 9.94. The molecular formula is C21H21N3O3. The number of methoxy groups -OCH3 is 1. The Labute approximate surface area is 157 Å². The lowest BCUT2D eigenvalue weighted by Gasteiger charge is -2.15. The molecule has 0 aliphatic carbocycles. The molecule has 2 N–H and O–H groups in total. The van der Waals surface area contributed by atoms with E-state index in [-0.39, 0.29) is 18.4 Å². The highest BCUT2D eigenvalue weighted by molar-refractivity contribution is 5.94. The number of H-pyrrole nitrogens is 1. The summed E-state index contributed by atoms with van der Waals surface area (Å²) in [5, 5.41) is 2.97. The van der Waals surface area contributed by atoms with Gasteiger partial charge in [-0.25, -0.2) is 4.98 Å². The molecule has 0 unspecified atom stereocenters. The SMILES string of the molecule is COc1cccc([C@@H]2CNC(=O)c3nc(COc4ccccc4)[nH]c3C2)c1. The number of aromatic amines is 1. The van der Waals surface area contributed by atoms with E-state index in [4.69, 9.17) is 9.47 Å². The van der Waals surface area contributed by atoms with Crippen molar-refractivity contribution >= 4 is 5.91 Å². The summed E-state index contributed by atoms with van der Waals surface area (Å²) in [5.74, 6) is 2.21. The third kappa shape index (κ3) is 3.79. The molecule has 1 aliphatic heterocycles. The number of nitrogens with one attached hydrogen (secondary N) is 2. The zero-order valence-electron chi connectivity index (χ0n) is 15.1. The van der Waals surface area contributed by atoms with Crippen LogP contribution in [0.2, 0.25) is 0 Å². The molecule has 0 fully saturated rings. The molecule has 27 heavy (non-hydrogen) atoms. The van der Waals surface area contributed by atoms with Gasteiger partial charge >= 0.3 is 0 Å². The van der Waals surface area contributed by atoms with Gasteiger partial charge < -0.3 is 19.8 Å². The van der Waals surface area contributed by atoms with Crippen molar-refractivity contribution < 1.29 is 14.3 Å². The number of para-hydroxylation sites is 1. The van der Waals surface area contributed by atoms with E-state index in [1.807, 2.05) is 48.5 Å². The van der Waals surface area contributed by atoms with Crippen LogP contribution in [0.4, 0.5) is 0 Å². The van der Waals surface area contributed by atoms with E-state index in [1.54, 1.807) is 7.11 Å². The predicted molar refractivity (Wildman–Crippen MR) is 101 cm³/mol. The normalized spacial score (nSPS) is 16.2. The fraction of sp³-hybridized carbons (Fsp3) is 0.238. The van der Waals surface area contributed by atoms with Crippen LogP contribution in [0, 0.1) is 0 Å². The Kier molecular flexibility index (Phi) is 4.78. The molecule has 0 saturated carbocycles. The molecule has 0 spiro atoms. The second kappa shape index (κ2) is 7.53. The van der Waals surface area contributed by atoms with Crippen molar-refractivity contribution in [1.29, 1.82) is 0 Å². The summed E-state index contributed by atoms with van der Waals surface area (Å²) in [7, 11) is 1.65. The maximum absolute atomic E-state index is 12.4. The van der Waals surface area contributed by atoms with Crippen molar-refractivity contribution in [1.82, 2.24) is 15.3 Å². The second-order valence-electron chi connectivity index (χ2n) is 6.50. The number of fused-ring (bicyclic) bond motifs is 1. The van der Waals surface area contributed by atoms with Gasteiger partial charge in [-0.2, -0.15) is 0 Å². The molecule has 3 aromatic rings. The number of carbonyl (C=O) groups excluding carboxylic acids is 1. The van der Waals surface area contributed by atoms with Crippen LogP contribution in [0.1, 0.15) is 33.5 Å². The van der Waals surface area contributed by atoms with Crippen LogP contribution < -0.4 is 14.8 Å². The number of ether oxygens (including phenoxy) is 2. The highest BCUT2D eigenvalue weighted by atomic mass is 16.5. The minimum Gasteiger partial charge on any atom is -0.497 e. The van der Waals surface area contributed by atoms with Gasteiger partial charge in [0.1, 0.15) is 29.6 Å². The van der Waals surface area contributed by atoms with Crippen LogP contribution in [-0.4, -0.2) is 29.5 Å². The zero-order chi connectivity index (χ0) is 18.6. The van der Waals surface area contributed by atoms with E-state index in [2.05, 4.69) is 21.4 Å². The molecule has 1 amide bonds. The highest BCUT2D eigenvalue weighted by Gasteiger charge is 2.26. The fourth-order valence-electron chi connectivity index (χ4n) is 3.29. The lowest BCUT2D eigenvalue weighted by Crippen LogP contribution is -2.26. The van der Waals surface area contributed by atoms with Gasteiger partial charge in [-0.3, -0.25) is 4.79 Å². The first-order valence-corrected chi connectivity index (χ1v) is 8.90. The molecule has 2 heterocycles. The first-order valence-electron chi connectivity index (χ1n) is 8.90. The molecule has 0 bridgehead atoms. The van der Waals surface area contributed by atoms with Crippen molar-refractivity contribution in [3.8, 4) is 11.5 Å². The average Bonchev–Trinajstić information content (AvgIpc) is 3.06. The Bertz CT molecular complexity index is 937. The number of amides is 1. The number of hydrogen-bond acceptors (Lipinski definition) is 4. The molecule has 6 heteroatoms. The van der Waals surface area contributed by atoms with Gasteiger partial charge in [0.2, 0.25) is 0 Å².